The number of amides is 1. The Hall–Kier alpha value is -2.49. The van der Waals surface area contributed by atoms with Crippen LogP contribution < -0.4 is 25.4 Å². The van der Waals surface area contributed by atoms with Crippen molar-refractivity contribution in [2.24, 2.45) is 4.99 Å². The van der Waals surface area contributed by atoms with Crippen LogP contribution in [0.25, 0.3) is 0 Å². The highest BCUT2D eigenvalue weighted by Crippen LogP contribution is 2.31. The van der Waals surface area contributed by atoms with Crippen LogP contribution in [-0.4, -0.2) is 45.2 Å². The van der Waals surface area contributed by atoms with Gasteiger partial charge in [0.15, 0.2) is 5.96 Å². The number of halogens is 1. The first-order chi connectivity index (χ1) is 14.2. The summed E-state index contributed by atoms with van der Waals surface area (Å²) < 4.78 is 11.0. The van der Waals surface area contributed by atoms with Crippen molar-refractivity contribution < 1.29 is 14.3 Å². The lowest BCUT2D eigenvalue weighted by Crippen LogP contribution is -2.39. The van der Waals surface area contributed by atoms with E-state index in [1.54, 1.807) is 7.11 Å². The second kappa shape index (κ2) is 12.3. The van der Waals surface area contributed by atoms with Gasteiger partial charge in [-0.3, -0.25) is 9.79 Å². The van der Waals surface area contributed by atoms with Crippen LogP contribution in [0.15, 0.2) is 53.5 Å². The summed E-state index contributed by atoms with van der Waals surface area (Å²) in [5.74, 6) is 2.35. The third-order valence-electron chi connectivity index (χ3n) is 4.62. The largest absolute Gasteiger partial charge is 0.497 e. The average molecular weight is 524 g/mol. The Morgan fingerprint density at radius 3 is 2.77 bits per heavy atom. The zero-order chi connectivity index (χ0) is 20.5. The zero-order valence-corrected chi connectivity index (χ0v) is 19.6. The SMILES string of the molecule is CCNC(=NCC1CC(=O)Nc2ccccc21)NCCOc1cccc(OC)c1.I. The Labute approximate surface area is 194 Å². The maximum Gasteiger partial charge on any atom is 0.225 e. The molecule has 0 radical (unpaired) electrons. The molecular weight excluding hydrogens is 495 g/mol. The summed E-state index contributed by atoms with van der Waals surface area (Å²) in [6.07, 6.45) is 0.443. The van der Waals surface area contributed by atoms with Crippen molar-refractivity contribution in [1.82, 2.24) is 10.6 Å². The molecule has 2 aromatic rings. The van der Waals surface area contributed by atoms with Crippen LogP contribution in [0, 0.1) is 0 Å². The molecular formula is C22H29IN4O3. The van der Waals surface area contributed by atoms with E-state index >= 15 is 0 Å². The van der Waals surface area contributed by atoms with Crippen molar-refractivity contribution in [3.05, 3.63) is 54.1 Å². The van der Waals surface area contributed by atoms with Gasteiger partial charge in [0.25, 0.3) is 0 Å². The lowest BCUT2D eigenvalue weighted by Gasteiger charge is -2.24. The zero-order valence-electron chi connectivity index (χ0n) is 17.3. The van der Waals surface area contributed by atoms with Gasteiger partial charge >= 0.3 is 0 Å². The van der Waals surface area contributed by atoms with Crippen LogP contribution in [-0.2, 0) is 4.79 Å². The summed E-state index contributed by atoms with van der Waals surface area (Å²) in [5, 5.41) is 9.44. The molecule has 3 N–H and O–H groups in total. The number of carbonyl (C=O) groups is 1. The number of nitrogens with zero attached hydrogens (tertiary/aromatic N) is 1. The number of carbonyl (C=O) groups excluding carboxylic acids is 1. The number of aliphatic imine (C=N–C) groups is 1. The molecule has 1 unspecified atom stereocenters. The van der Waals surface area contributed by atoms with E-state index in [2.05, 4.69) is 27.0 Å². The molecule has 8 heteroatoms. The number of fused-ring (bicyclic) bond motifs is 1. The molecule has 1 atom stereocenters. The highest BCUT2D eigenvalue weighted by atomic mass is 127. The van der Waals surface area contributed by atoms with E-state index < -0.39 is 0 Å². The Morgan fingerprint density at radius 2 is 1.97 bits per heavy atom. The maximum atomic E-state index is 12.0. The Balaban J connectivity index is 0.00000320. The minimum atomic E-state index is 0. The van der Waals surface area contributed by atoms with Crippen LogP contribution in [0.2, 0.25) is 0 Å². The van der Waals surface area contributed by atoms with E-state index in [-0.39, 0.29) is 35.8 Å². The molecule has 7 nitrogen and oxygen atoms in total. The van der Waals surface area contributed by atoms with Crippen LogP contribution in [0.4, 0.5) is 5.69 Å². The molecule has 162 valence electrons. The van der Waals surface area contributed by atoms with Gasteiger partial charge in [0.2, 0.25) is 5.91 Å². The summed E-state index contributed by atoms with van der Waals surface area (Å²) in [7, 11) is 1.63. The topological polar surface area (TPSA) is 84.0 Å². The third-order valence-corrected chi connectivity index (χ3v) is 4.62. The monoisotopic (exact) mass is 524 g/mol. The van der Waals surface area contributed by atoms with E-state index in [9.17, 15) is 4.79 Å². The first kappa shape index (κ1) is 23.8. The van der Waals surface area contributed by atoms with E-state index in [1.807, 2.05) is 49.4 Å². The normalized spacial score (nSPS) is 15.3. The maximum absolute atomic E-state index is 12.0. The smallest absolute Gasteiger partial charge is 0.225 e. The fraction of sp³-hybridized carbons (Fsp3) is 0.364. The number of para-hydroxylation sites is 1. The molecule has 0 saturated carbocycles. The first-order valence-corrected chi connectivity index (χ1v) is 9.87. The molecule has 2 aromatic carbocycles. The fourth-order valence-corrected chi connectivity index (χ4v) is 3.24. The quantitative estimate of drug-likeness (QED) is 0.214. The molecule has 0 spiro atoms. The molecule has 0 aromatic heterocycles. The van der Waals surface area contributed by atoms with Gasteiger partial charge in [0.05, 0.1) is 20.2 Å². The molecule has 0 saturated heterocycles. The third kappa shape index (κ3) is 6.79. The van der Waals surface area contributed by atoms with Gasteiger partial charge < -0.3 is 25.4 Å². The lowest BCUT2D eigenvalue weighted by molar-refractivity contribution is -0.116. The minimum absolute atomic E-state index is 0. The van der Waals surface area contributed by atoms with Crippen LogP contribution in [0.1, 0.15) is 24.8 Å². The summed E-state index contributed by atoms with van der Waals surface area (Å²) in [6.45, 7) is 4.41. The molecule has 3 rings (SSSR count). The van der Waals surface area contributed by atoms with Crippen molar-refractivity contribution in [1.29, 1.82) is 0 Å². The van der Waals surface area contributed by atoms with Gasteiger partial charge in [-0.1, -0.05) is 24.3 Å². The summed E-state index contributed by atoms with van der Waals surface area (Å²) in [5.41, 5.74) is 2.02. The molecule has 1 heterocycles. The standard InChI is InChI=1S/C22H28N4O3.HI/c1-3-23-22(24-11-12-29-18-8-6-7-17(14-18)28-2)25-15-16-13-21(27)26-20-10-5-4-9-19(16)20;/h4-10,14,16H,3,11-13,15H2,1-2H3,(H,26,27)(H2,23,24,25);1H. The van der Waals surface area contributed by atoms with Crippen molar-refractivity contribution in [2.75, 3.05) is 38.7 Å². The van der Waals surface area contributed by atoms with Crippen molar-refractivity contribution >= 4 is 41.5 Å². The van der Waals surface area contributed by atoms with Crippen molar-refractivity contribution in [3.63, 3.8) is 0 Å². The predicted molar refractivity (Wildman–Crippen MR) is 130 cm³/mol. The Morgan fingerprint density at radius 1 is 1.17 bits per heavy atom. The Kier molecular flexibility index (Phi) is 9.72. The molecule has 0 fully saturated rings. The summed E-state index contributed by atoms with van der Waals surface area (Å²) in [6, 6.07) is 15.4. The molecule has 1 aliphatic heterocycles. The van der Waals surface area contributed by atoms with E-state index in [0.717, 1.165) is 29.3 Å². The van der Waals surface area contributed by atoms with Crippen LogP contribution >= 0.6 is 24.0 Å². The molecule has 1 amide bonds. The highest BCUT2D eigenvalue weighted by molar-refractivity contribution is 14.0. The minimum Gasteiger partial charge on any atom is -0.497 e. The lowest BCUT2D eigenvalue weighted by atomic mass is 9.91. The number of benzene rings is 2. The van der Waals surface area contributed by atoms with Gasteiger partial charge in [0, 0.05) is 30.6 Å². The van der Waals surface area contributed by atoms with E-state index in [0.29, 0.717) is 32.1 Å². The number of anilines is 1. The summed E-state index contributed by atoms with van der Waals surface area (Å²) in [4.78, 5) is 16.7. The number of hydrogen-bond donors (Lipinski definition) is 3. The number of ether oxygens (including phenoxy) is 2. The molecule has 1 aliphatic rings. The van der Waals surface area contributed by atoms with Gasteiger partial charge in [0.1, 0.15) is 18.1 Å². The number of rotatable bonds is 8. The summed E-state index contributed by atoms with van der Waals surface area (Å²) >= 11 is 0. The van der Waals surface area contributed by atoms with Crippen molar-refractivity contribution in [2.45, 2.75) is 19.3 Å². The Bertz CT molecular complexity index is 860. The molecule has 0 aliphatic carbocycles. The number of hydrogen-bond acceptors (Lipinski definition) is 4. The number of methoxy groups -OCH3 is 1. The van der Waals surface area contributed by atoms with Crippen LogP contribution in [0.5, 0.6) is 11.5 Å². The second-order valence-corrected chi connectivity index (χ2v) is 6.71. The molecule has 30 heavy (non-hydrogen) atoms. The van der Waals surface area contributed by atoms with Crippen LogP contribution in [0.3, 0.4) is 0 Å². The average Bonchev–Trinajstić information content (AvgIpc) is 2.74. The van der Waals surface area contributed by atoms with E-state index in [1.165, 1.54) is 0 Å². The fourth-order valence-electron chi connectivity index (χ4n) is 3.24. The number of guanidine groups is 1. The van der Waals surface area contributed by atoms with Gasteiger partial charge in [-0.2, -0.15) is 0 Å². The van der Waals surface area contributed by atoms with Gasteiger partial charge in [-0.25, -0.2) is 0 Å². The van der Waals surface area contributed by atoms with E-state index in [4.69, 9.17) is 9.47 Å². The van der Waals surface area contributed by atoms with Gasteiger partial charge in [-0.15, -0.1) is 24.0 Å². The molecule has 0 bridgehead atoms. The number of nitrogens with one attached hydrogen (secondary N) is 3. The van der Waals surface area contributed by atoms with Crippen molar-refractivity contribution in [3.8, 4) is 11.5 Å². The first-order valence-electron chi connectivity index (χ1n) is 9.87. The van der Waals surface area contributed by atoms with Gasteiger partial charge in [-0.05, 0) is 30.7 Å². The second-order valence-electron chi connectivity index (χ2n) is 6.71. The highest BCUT2D eigenvalue weighted by Gasteiger charge is 2.24. The predicted octanol–water partition coefficient (Wildman–Crippen LogP) is 3.37.